The number of hydrogen-bond donors (Lipinski definition) is 1. The maximum atomic E-state index is 11.5. The van der Waals surface area contributed by atoms with Gasteiger partial charge in [-0.3, -0.25) is 14.8 Å². The monoisotopic (exact) mass is 272 g/mol. The van der Waals surface area contributed by atoms with E-state index in [4.69, 9.17) is 4.74 Å². The molecule has 1 unspecified atom stereocenters. The van der Waals surface area contributed by atoms with Crippen molar-refractivity contribution in [3.63, 3.8) is 0 Å². The predicted molar refractivity (Wildman–Crippen MR) is 73.8 cm³/mol. The maximum absolute atomic E-state index is 11.5. The van der Waals surface area contributed by atoms with Gasteiger partial charge in [0.15, 0.2) is 0 Å². The fourth-order valence-corrected chi connectivity index (χ4v) is 2.10. The summed E-state index contributed by atoms with van der Waals surface area (Å²) in [7, 11) is 1.58. The number of aliphatic carboxylic acids is 1. The molecule has 0 saturated heterocycles. The number of nitrogens with zero attached hydrogens (tertiary/aromatic N) is 2. The smallest absolute Gasteiger partial charge is 0.313 e. The second-order valence-electron chi connectivity index (χ2n) is 4.47. The third-order valence-corrected chi connectivity index (χ3v) is 3.12. The van der Waals surface area contributed by atoms with Crippen LogP contribution in [-0.2, 0) is 11.2 Å². The first kappa shape index (κ1) is 14.0. The Morgan fingerprint density at radius 1 is 1.35 bits per heavy atom. The molecule has 0 bridgehead atoms. The molecular weight excluding hydrogens is 256 g/mol. The summed E-state index contributed by atoms with van der Waals surface area (Å²) < 4.78 is 5.15. The van der Waals surface area contributed by atoms with Crippen LogP contribution in [0.1, 0.15) is 22.9 Å². The summed E-state index contributed by atoms with van der Waals surface area (Å²) in [6.45, 7) is 1.77. The van der Waals surface area contributed by atoms with Crippen LogP contribution in [0.15, 0.2) is 36.7 Å². The molecule has 0 aliphatic rings. The lowest BCUT2D eigenvalue weighted by atomic mass is 9.95. The van der Waals surface area contributed by atoms with Crippen molar-refractivity contribution in [1.82, 2.24) is 9.97 Å². The van der Waals surface area contributed by atoms with Crippen LogP contribution in [-0.4, -0.2) is 28.2 Å². The van der Waals surface area contributed by atoms with Crippen molar-refractivity contribution in [2.24, 2.45) is 0 Å². The largest absolute Gasteiger partial charge is 0.497 e. The van der Waals surface area contributed by atoms with Gasteiger partial charge in [-0.1, -0.05) is 12.1 Å². The summed E-state index contributed by atoms with van der Waals surface area (Å²) in [5.74, 6) is -0.908. The van der Waals surface area contributed by atoms with Gasteiger partial charge in [-0.2, -0.15) is 0 Å². The van der Waals surface area contributed by atoms with E-state index in [1.165, 1.54) is 6.20 Å². The lowest BCUT2D eigenvalue weighted by Gasteiger charge is -2.14. The Labute approximate surface area is 117 Å². The van der Waals surface area contributed by atoms with Gasteiger partial charge in [-0.15, -0.1) is 0 Å². The highest BCUT2D eigenvalue weighted by Crippen LogP contribution is 2.23. The number of hydrogen-bond acceptors (Lipinski definition) is 4. The molecule has 0 fully saturated rings. The minimum Gasteiger partial charge on any atom is -0.497 e. The summed E-state index contributed by atoms with van der Waals surface area (Å²) in [6, 6.07) is 7.38. The highest BCUT2D eigenvalue weighted by molar-refractivity contribution is 5.76. The zero-order valence-corrected chi connectivity index (χ0v) is 11.4. The van der Waals surface area contributed by atoms with Crippen LogP contribution >= 0.6 is 0 Å². The fraction of sp³-hybridized carbons (Fsp3) is 0.267. The van der Waals surface area contributed by atoms with Crippen molar-refractivity contribution in [2.45, 2.75) is 19.3 Å². The Hall–Kier alpha value is -2.43. The Balaban J connectivity index is 2.31. The summed E-state index contributed by atoms with van der Waals surface area (Å²) >= 11 is 0. The molecule has 0 aliphatic heterocycles. The van der Waals surface area contributed by atoms with E-state index in [0.717, 1.165) is 5.56 Å². The molecule has 1 aromatic heterocycles. The first-order chi connectivity index (χ1) is 9.61. The number of ether oxygens (including phenoxy) is 1. The topological polar surface area (TPSA) is 72.3 Å². The van der Waals surface area contributed by atoms with Gasteiger partial charge >= 0.3 is 5.97 Å². The first-order valence-corrected chi connectivity index (χ1v) is 6.25. The molecule has 2 rings (SSSR count). The third-order valence-electron chi connectivity index (χ3n) is 3.12. The van der Waals surface area contributed by atoms with Crippen molar-refractivity contribution in [1.29, 1.82) is 0 Å². The van der Waals surface area contributed by atoms with Crippen molar-refractivity contribution in [2.75, 3.05) is 7.11 Å². The molecule has 0 aliphatic carbocycles. The van der Waals surface area contributed by atoms with E-state index < -0.39 is 11.9 Å². The second kappa shape index (κ2) is 6.14. The highest BCUT2D eigenvalue weighted by atomic mass is 16.5. The van der Waals surface area contributed by atoms with E-state index in [-0.39, 0.29) is 0 Å². The van der Waals surface area contributed by atoms with Crippen molar-refractivity contribution in [3.8, 4) is 5.75 Å². The van der Waals surface area contributed by atoms with Crippen LogP contribution in [0.4, 0.5) is 0 Å². The Kier molecular flexibility index (Phi) is 4.30. The van der Waals surface area contributed by atoms with Crippen molar-refractivity contribution >= 4 is 5.97 Å². The van der Waals surface area contributed by atoms with E-state index in [2.05, 4.69) is 9.97 Å². The van der Waals surface area contributed by atoms with Gasteiger partial charge < -0.3 is 9.84 Å². The van der Waals surface area contributed by atoms with Crippen LogP contribution in [0.5, 0.6) is 5.75 Å². The minimum atomic E-state index is -0.906. The molecule has 0 radical (unpaired) electrons. The zero-order valence-electron chi connectivity index (χ0n) is 11.4. The highest BCUT2D eigenvalue weighted by Gasteiger charge is 2.24. The molecule has 1 aromatic carbocycles. The summed E-state index contributed by atoms with van der Waals surface area (Å²) in [5, 5.41) is 9.44. The van der Waals surface area contributed by atoms with Crippen LogP contribution in [0.2, 0.25) is 0 Å². The molecule has 2 aromatic rings. The summed E-state index contributed by atoms with van der Waals surface area (Å²) in [6.07, 6.45) is 3.43. The Morgan fingerprint density at radius 3 is 2.75 bits per heavy atom. The van der Waals surface area contributed by atoms with Gasteiger partial charge in [0.25, 0.3) is 0 Å². The van der Waals surface area contributed by atoms with Gasteiger partial charge in [0.05, 0.1) is 18.5 Å². The molecule has 0 spiro atoms. The number of benzene rings is 1. The van der Waals surface area contributed by atoms with E-state index >= 15 is 0 Å². The number of carboxylic acids is 1. The zero-order chi connectivity index (χ0) is 14.5. The molecule has 1 heterocycles. The molecule has 0 saturated carbocycles. The Bertz CT molecular complexity index is 614. The summed E-state index contributed by atoms with van der Waals surface area (Å²) in [5.41, 5.74) is 2.03. The van der Waals surface area contributed by atoms with E-state index in [1.54, 1.807) is 20.2 Å². The lowest BCUT2D eigenvalue weighted by Crippen LogP contribution is -2.17. The van der Waals surface area contributed by atoms with Gasteiger partial charge in [0.1, 0.15) is 11.7 Å². The van der Waals surface area contributed by atoms with Crippen LogP contribution in [0.25, 0.3) is 0 Å². The fourth-order valence-electron chi connectivity index (χ4n) is 2.10. The van der Waals surface area contributed by atoms with Crippen molar-refractivity contribution in [3.05, 3.63) is 53.6 Å². The average Bonchev–Trinajstić information content (AvgIpc) is 2.45. The van der Waals surface area contributed by atoms with E-state index in [9.17, 15) is 9.90 Å². The van der Waals surface area contributed by atoms with E-state index in [0.29, 0.717) is 23.6 Å². The standard InChI is InChI=1S/C15H16N2O3/c1-10-14(17-7-6-16-10)13(15(18)19)9-11-4-3-5-12(8-11)20-2/h3-8,13H,9H2,1-2H3,(H,18,19). The van der Waals surface area contributed by atoms with Gasteiger partial charge in [-0.05, 0) is 31.0 Å². The first-order valence-electron chi connectivity index (χ1n) is 6.25. The van der Waals surface area contributed by atoms with Gasteiger partial charge in [0, 0.05) is 12.4 Å². The quantitative estimate of drug-likeness (QED) is 0.903. The van der Waals surface area contributed by atoms with Gasteiger partial charge in [-0.25, -0.2) is 0 Å². The molecule has 1 atom stereocenters. The lowest BCUT2D eigenvalue weighted by molar-refractivity contribution is -0.138. The minimum absolute atomic E-state index is 0.353. The van der Waals surface area contributed by atoms with Gasteiger partial charge in [0.2, 0.25) is 0 Å². The number of carboxylic acid groups (broad SMARTS) is 1. The molecule has 5 nitrogen and oxygen atoms in total. The number of rotatable bonds is 5. The molecule has 0 amide bonds. The molecule has 1 N–H and O–H groups in total. The van der Waals surface area contributed by atoms with Crippen molar-refractivity contribution < 1.29 is 14.6 Å². The number of methoxy groups -OCH3 is 1. The predicted octanol–water partition coefficient (Wildman–Crippen LogP) is 2.20. The van der Waals surface area contributed by atoms with Crippen LogP contribution in [0, 0.1) is 6.92 Å². The summed E-state index contributed by atoms with van der Waals surface area (Å²) in [4.78, 5) is 19.8. The molecule has 5 heteroatoms. The number of aromatic nitrogens is 2. The van der Waals surface area contributed by atoms with E-state index in [1.807, 2.05) is 24.3 Å². The maximum Gasteiger partial charge on any atom is 0.313 e. The SMILES string of the molecule is COc1cccc(CC(C(=O)O)c2nccnc2C)c1. The third kappa shape index (κ3) is 3.12. The molecule has 104 valence electrons. The van der Waals surface area contributed by atoms with Crippen LogP contribution < -0.4 is 4.74 Å². The Morgan fingerprint density at radius 2 is 2.10 bits per heavy atom. The second-order valence-corrected chi connectivity index (χ2v) is 4.47. The average molecular weight is 272 g/mol. The van der Waals surface area contributed by atoms with Crippen LogP contribution in [0.3, 0.4) is 0 Å². The molecule has 20 heavy (non-hydrogen) atoms. The normalized spacial score (nSPS) is 11.9. The number of aryl methyl sites for hydroxylation is 1. The number of carbonyl (C=O) groups is 1. The molecular formula is C15H16N2O3.